The van der Waals surface area contributed by atoms with Gasteiger partial charge in [0, 0.05) is 30.5 Å². The first-order valence-electron chi connectivity index (χ1n) is 9.63. The molecule has 1 aromatic heterocycles. The Balaban J connectivity index is 2.05. The van der Waals surface area contributed by atoms with Crippen LogP contribution in [-0.4, -0.2) is 23.2 Å². The van der Waals surface area contributed by atoms with Gasteiger partial charge in [-0.25, -0.2) is 9.97 Å². The van der Waals surface area contributed by atoms with E-state index in [0.29, 0.717) is 11.8 Å². The maximum Gasteiger partial charge on any atom is 0.178 e. The molecule has 0 radical (unpaired) electrons. The largest absolute Gasteiger partial charge is 0.335 e. The number of anilines is 3. The summed E-state index contributed by atoms with van der Waals surface area (Å²) in [5.74, 6) is 2.76. The fourth-order valence-corrected chi connectivity index (χ4v) is 5.30. The lowest BCUT2D eigenvalue weighted by Crippen LogP contribution is -2.53. The third-order valence-electron chi connectivity index (χ3n) is 6.67. The van der Waals surface area contributed by atoms with Crippen LogP contribution in [-0.2, 0) is 0 Å². The van der Waals surface area contributed by atoms with Crippen molar-refractivity contribution < 1.29 is 0 Å². The van der Waals surface area contributed by atoms with Crippen molar-refractivity contribution in [1.82, 2.24) is 9.97 Å². The topological polar surface area (TPSA) is 32.3 Å². The molecule has 0 amide bonds. The van der Waals surface area contributed by atoms with Crippen LogP contribution in [0.15, 0.2) is 49.3 Å². The minimum absolute atomic E-state index is 0.0264. The van der Waals surface area contributed by atoms with E-state index < -0.39 is 0 Å². The van der Waals surface area contributed by atoms with Gasteiger partial charge in [-0.1, -0.05) is 45.0 Å². The van der Waals surface area contributed by atoms with E-state index in [-0.39, 0.29) is 11.6 Å². The zero-order chi connectivity index (χ0) is 18.5. The molecule has 4 atom stereocenters. The van der Waals surface area contributed by atoms with Crippen LogP contribution in [0.5, 0.6) is 0 Å². The highest BCUT2D eigenvalue weighted by Gasteiger charge is 2.54. The molecule has 2 aromatic rings. The molecule has 0 saturated heterocycles. The first kappa shape index (κ1) is 17.1. The second kappa shape index (κ2) is 6.11. The first-order valence-corrected chi connectivity index (χ1v) is 9.63. The molecule has 0 aliphatic carbocycles. The van der Waals surface area contributed by atoms with Crippen molar-refractivity contribution in [3.63, 3.8) is 0 Å². The lowest BCUT2D eigenvalue weighted by atomic mass is 9.65. The van der Waals surface area contributed by atoms with Crippen molar-refractivity contribution in [2.45, 2.75) is 45.7 Å². The highest BCUT2D eigenvalue weighted by atomic mass is 15.5. The number of benzene rings is 1. The molecule has 0 saturated carbocycles. The number of aromatic nitrogens is 2. The molecule has 4 heteroatoms. The van der Waals surface area contributed by atoms with Gasteiger partial charge in [-0.2, -0.15) is 0 Å². The molecule has 4 nitrogen and oxygen atoms in total. The summed E-state index contributed by atoms with van der Waals surface area (Å²) in [6.45, 7) is 11.3. The fourth-order valence-electron chi connectivity index (χ4n) is 5.30. The molecule has 0 N–H and O–H groups in total. The van der Waals surface area contributed by atoms with Crippen LogP contribution in [0.25, 0.3) is 0 Å². The van der Waals surface area contributed by atoms with E-state index in [9.17, 15) is 0 Å². The van der Waals surface area contributed by atoms with Crippen LogP contribution in [0.2, 0.25) is 0 Å². The fraction of sp³-hybridized carbons (Fsp3) is 0.455. The SMILES string of the molecule is C=CC1C(CC)c2ccccc2N2c3nccnc3N(C)C2C1(C)CC. The number of para-hydroxylation sites is 1. The monoisotopic (exact) mass is 348 g/mol. The zero-order valence-electron chi connectivity index (χ0n) is 16.2. The molecule has 26 heavy (non-hydrogen) atoms. The zero-order valence-corrected chi connectivity index (χ0v) is 16.2. The number of rotatable bonds is 3. The number of hydrogen-bond donors (Lipinski definition) is 0. The van der Waals surface area contributed by atoms with Crippen molar-refractivity contribution in [3.05, 3.63) is 54.9 Å². The second-order valence-corrected chi connectivity index (χ2v) is 7.75. The maximum atomic E-state index is 4.73. The van der Waals surface area contributed by atoms with Gasteiger partial charge >= 0.3 is 0 Å². The smallest absolute Gasteiger partial charge is 0.178 e. The Bertz CT molecular complexity index is 832. The van der Waals surface area contributed by atoms with Crippen molar-refractivity contribution in [1.29, 1.82) is 0 Å². The van der Waals surface area contributed by atoms with Gasteiger partial charge in [-0.05, 0) is 36.3 Å². The van der Waals surface area contributed by atoms with Crippen LogP contribution in [0.3, 0.4) is 0 Å². The summed E-state index contributed by atoms with van der Waals surface area (Å²) >= 11 is 0. The van der Waals surface area contributed by atoms with E-state index in [2.05, 4.69) is 79.5 Å². The predicted octanol–water partition coefficient (Wildman–Crippen LogP) is 5.12. The van der Waals surface area contributed by atoms with Gasteiger partial charge in [-0.3, -0.25) is 0 Å². The minimum atomic E-state index is 0.0264. The Kier molecular flexibility index (Phi) is 4.02. The maximum absolute atomic E-state index is 4.73. The first-order chi connectivity index (χ1) is 12.6. The Morgan fingerprint density at radius 1 is 1.15 bits per heavy atom. The van der Waals surface area contributed by atoms with Crippen molar-refractivity contribution in [2.75, 3.05) is 16.8 Å². The van der Waals surface area contributed by atoms with Gasteiger partial charge in [-0.15, -0.1) is 6.58 Å². The summed E-state index contributed by atoms with van der Waals surface area (Å²) < 4.78 is 0. The minimum Gasteiger partial charge on any atom is -0.335 e. The van der Waals surface area contributed by atoms with Crippen molar-refractivity contribution >= 4 is 17.3 Å². The molecular weight excluding hydrogens is 320 g/mol. The third kappa shape index (κ3) is 2.08. The second-order valence-electron chi connectivity index (χ2n) is 7.75. The van der Waals surface area contributed by atoms with E-state index in [0.717, 1.165) is 24.5 Å². The molecule has 0 spiro atoms. The van der Waals surface area contributed by atoms with Crippen LogP contribution >= 0.6 is 0 Å². The predicted molar refractivity (Wildman–Crippen MR) is 108 cm³/mol. The summed E-state index contributed by atoms with van der Waals surface area (Å²) in [6.07, 6.45) is 8.11. The summed E-state index contributed by atoms with van der Waals surface area (Å²) in [7, 11) is 2.15. The lowest BCUT2D eigenvalue weighted by molar-refractivity contribution is 0.150. The molecule has 1 aromatic carbocycles. The molecule has 2 aliphatic rings. The van der Waals surface area contributed by atoms with Crippen molar-refractivity contribution in [2.24, 2.45) is 11.3 Å². The Morgan fingerprint density at radius 3 is 2.50 bits per heavy atom. The van der Waals surface area contributed by atoms with E-state index in [4.69, 9.17) is 4.98 Å². The van der Waals surface area contributed by atoms with Gasteiger partial charge in [0.2, 0.25) is 0 Å². The summed E-state index contributed by atoms with van der Waals surface area (Å²) in [5, 5.41) is 0. The summed E-state index contributed by atoms with van der Waals surface area (Å²) in [4.78, 5) is 14.1. The average Bonchev–Trinajstić information content (AvgIpc) is 2.93. The Hall–Kier alpha value is -2.36. The molecule has 4 unspecified atom stereocenters. The van der Waals surface area contributed by atoms with Gasteiger partial charge < -0.3 is 9.80 Å². The van der Waals surface area contributed by atoms with Gasteiger partial charge in [0.15, 0.2) is 11.6 Å². The molecule has 2 aliphatic heterocycles. The van der Waals surface area contributed by atoms with E-state index >= 15 is 0 Å². The third-order valence-corrected chi connectivity index (χ3v) is 6.67. The summed E-state index contributed by atoms with van der Waals surface area (Å²) in [6, 6.07) is 8.81. The van der Waals surface area contributed by atoms with Crippen LogP contribution in [0, 0.1) is 11.3 Å². The molecule has 3 heterocycles. The number of nitrogens with zero attached hydrogens (tertiary/aromatic N) is 4. The van der Waals surface area contributed by atoms with Crippen LogP contribution in [0.4, 0.5) is 17.3 Å². The number of hydrogen-bond acceptors (Lipinski definition) is 4. The number of fused-ring (bicyclic) bond motifs is 5. The Labute approximate surface area is 156 Å². The van der Waals surface area contributed by atoms with Gasteiger partial charge in [0.25, 0.3) is 0 Å². The highest BCUT2D eigenvalue weighted by molar-refractivity contribution is 5.80. The van der Waals surface area contributed by atoms with E-state index in [1.165, 1.54) is 11.3 Å². The molecule has 0 fully saturated rings. The summed E-state index contributed by atoms with van der Waals surface area (Å²) in [5.41, 5.74) is 2.69. The van der Waals surface area contributed by atoms with Crippen LogP contribution in [0.1, 0.15) is 45.1 Å². The van der Waals surface area contributed by atoms with Gasteiger partial charge in [0.05, 0.1) is 0 Å². The van der Waals surface area contributed by atoms with E-state index in [1.807, 2.05) is 0 Å². The molecule has 4 rings (SSSR count). The van der Waals surface area contributed by atoms with Crippen LogP contribution < -0.4 is 9.80 Å². The molecular formula is C22H28N4. The Morgan fingerprint density at radius 2 is 1.85 bits per heavy atom. The number of allylic oxidation sites excluding steroid dienone is 1. The lowest BCUT2D eigenvalue weighted by Gasteiger charge is -2.46. The normalized spacial score (nSPS) is 29.6. The highest BCUT2D eigenvalue weighted by Crippen LogP contribution is 2.58. The quantitative estimate of drug-likeness (QED) is 0.721. The standard InChI is InChI=1S/C22H28N4/c1-6-15-16-11-9-10-12-18(16)26-20-19(23-13-14-24-20)25(5)21(26)22(4,8-3)17(15)7-2/h7,9-15,17,21H,2,6,8H2,1,3-5H3. The molecule has 136 valence electrons. The average molecular weight is 348 g/mol. The van der Waals surface area contributed by atoms with Crippen molar-refractivity contribution in [3.8, 4) is 0 Å². The van der Waals surface area contributed by atoms with E-state index in [1.54, 1.807) is 12.4 Å². The molecule has 0 bridgehead atoms. The van der Waals surface area contributed by atoms with Gasteiger partial charge in [0.1, 0.15) is 6.17 Å².